The van der Waals surface area contributed by atoms with Crippen molar-refractivity contribution in [3.8, 4) is 0 Å². The third kappa shape index (κ3) is 6.54. The molecule has 1 unspecified atom stereocenters. The molecule has 0 aliphatic heterocycles. The van der Waals surface area contributed by atoms with Gasteiger partial charge in [0.1, 0.15) is 0 Å². The van der Waals surface area contributed by atoms with Crippen LogP contribution in [0, 0.1) is 5.92 Å². The van der Waals surface area contributed by atoms with Crippen molar-refractivity contribution in [1.29, 1.82) is 0 Å². The maximum atomic E-state index is 12.2. The van der Waals surface area contributed by atoms with Crippen LogP contribution < -0.4 is 0 Å². The SMILES string of the molecule is CC(CS)CN(CC(F)(F)F)C(C)C. The van der Waals surface area contributed by atoms with Gasteiger partial charge in [0.15, 0.2) is 0 Å². The normalized spacial score (nSPS) is 15.2. The van der Waals surface area contributed by atoms with E-state index in [1.54, 1.807) is 13.8 Å². The molecule has 0 rings (SSSR count). The summed E-state index contributed by atoms with van der Waals surface area (Å²) in [7, 11) is 0. The van der Waals surface area contributed by atoms with E-state index in [2.05, 4.69) is 12.6 Å². The van der Waals surface area contributed by atoms with Crippen LogP contribution >= 0.6 is 12.6 Å². The van der Waals surface area contributed by atoms with E-state index in [1.807, 2.05) is 6.92 Å². The highest BCUT2D eigenvalue weighted by Gasteiger charge is 2.31. The minimum Gasteiger partial charge on any atom is -0.292 e. The smallest absolute Gasteiger partial charge is 0.292 e. The van der Waals surface area contributed by atoms with Crippen molar-refractivity contribution < 1.29 is 13.2 Å². The Labute approximate surface area is 89.1 Å². The van der Waals surface area contributed by atoms with Crippen LogP contribution in [0.3, 0.4) is 0 Å². The van der Waals surface area contributed by atoms with Gasteiger partial charge in [0.25, 0.3) is 0 Å². The summed E-state index contributed by atoms with van der Waals surface area (Å²) in [5.41, 5.74) is 0. The van der Waals surface area contributed by atoms with Crippen LogP contribution in [0.25, 0.3) is 0 Å². The van der Waals surface area contributed by atoms with Crippen LogP contribution in [0.5, 0.6) is 0 Å². The third-order valence-electron chi connectivity index (χ3n) is 1.97. The molecule has 0 radical (unpaired) electrons. The van der Waals surface area contributed by atoms with Crippen LogP contribution in [-0.4, -0.2) is 36.0 Å². The Hall–Kier alpha value is 0.100. The molecule has 0 aromatic rings. The molecule has 1 atom stereocenters. The second-order valence-corrected chi connectivity index (χ2v) is 4.29. The summed E-state index contributed by atoms with van der Waals surface area (Å²) >= 11 is 4.06. The van der Waals surface area contributed by atoms with Crippen molar-refractivity contribution in [2.45, 2.75) is 33.0 Å². The molecule has 1 nitrogen and oxygen atoms in total. The fourth-order valence-electron chi connectivity index (χ4n) is 1.15. The highest BCUT2D eigenvalue weighted by molar-refractivity contribution is 7.80. The first-order chi connectivity index (χ1) is 6.26. The van der Waals surface area contributed by atoms with Gasteiger partial charge < -0.3 is 0 Å². The maximum Gasteiger partial charge on any atom is 0.401 e. The highest BCUT2D eigenvalue weighted by atomic mass is 32.1. The summed E-state index contributed by atoms with van der Waals surface area (Å²) in [5, 5.41) is 0. The van der Waals surface area contributed by atoms with Crippen molar-refractivity contribution in [2.24, 2.45) is 5.92 Å². The zero-order chi connectivity index (χ0) is 11.4. The molecule has 0 fully saturated rings. The van der Waals surface area contributed by atoms with Gasteiger partial charge in [0, 0.05) is 12.6 Å². The van der Waals surface area contributed by atoms with Crippen molar-refractivity contribution in [1.82, 2.24) is 4.90 Å². The van der Waals surface area contributed by atoms with E-state index in [-0.39, 0.29) is 12.0 Å². The van der Waals surface area contributed by atoms with Gasteiger partial charge in [0.05, 0.1) is 6.54 Å². The molecule has 0 aromatic carbocycles. The second-order valence-electron chi connectivity index (χ2n) is 3.93. The molecule has 0 saturated carbocycles. The maximum absolute atomic E-state index is 12.2. The molecule has 0 aromatic heterocycles. The van der Waals surface area contributed by atoms with Gasteiger partial charge in [-0.05, 0) is 25.5 Å². The molecule has 0 amide bonds. The molecular weight excluding hydrogens is 211 g/mol. The molecule has 0 N–H and O–H groups in total. The van der Waals surface area contributed by atoms with Gasteiger partial charge in [-0.15, -0.1) is 0 Å². The average molecular weight is 229 g/mol. The molecule has 0 spiro atoms. The first-order valence-electron chi connectivity index (χ1n) is 4.68. The quantitative estimate of drug-likeness (QED) is 0.709. The molecule has 0 aliphatic rings. The monoisotopic (exact) mass is 229 g/mol. The van der Waals surface area contributed by atoms with E-state index in [0.29, 0.717) is 12.3 Å². The largest absolute Gasteiger partial charge is 0.401 e. The molecule has 86 valence electrons. The standard InChI is InChI=1S/C9H18F3NS/c1-7(2)13(4-8(3)5-14)6-9(10,11)12/h7-8,14H,4-6H2,1-3H3. The predicted molar refractivity (Wildman–Crippen MR) is 55.8 cm³/mol. The number of nitrogens with zero attached hydrogens (tertiary/aromatic N) is 1. The zero-order valence-corrected chi connectivity index (χ0v) is 9.70. The number of rotatable bonds is 5. The molecule has 0 bridgehead atoms. The van der Waals surface area contributed by atoms with Crippen LogP contribution in [0.15, 0.2) is 0 Å². The first kappa shape index (κ1) is 14.1. The van der Waals surface area contributed by atoms with Crippen molar-refractivity contribution in [3.63, 3.8) is 0 Å². The summed E-state index contributed by atoms with van der Waals surface area (Å²) in [6, 6.07) is -0.0843. The Morgan fingerprint density at radius 1 is 1.21 bits per heavy atom. The summed E-state index contributed by atoms with van der Waals surface area (Å²) < 4.78 is 36.5. The van der Waals surface area contributed by atoms with Crippen LogP contribution in [-0.2, 0) is 0 Å². The Bertz CT molecular complexity index is 159. The summed E-state index contributed by atoms with van der Waals surface area (Å²) in [5.74, 6) is 0.796. The lowest BCUT2D eigenvalue weighted by Crippen LogP contribution is -2.41. The minimum absolute atomic E-state index is 0.0843. The number of alkyl halides is 3. The molecule has 0 saturated heterocycles. The molecule has 0 heterocycles. The summed E-state index contributed by atoms with van der Waals surface area (Å²) in [4.78, 5) is 1.43. The van der Waals surface area contributed by atoms with Gasteiger partial charge in [-0.25, -0.2) is 0 Å². The van der Waals surface area contributed by atoms with Gasteiger partial charge in [-0.3, -0.25) is 4.90 Å². The fraction of sp³-hybridized carbons (Fsp3) is 1.00. The summed E-state index contributed by atoms with van der Waals surface area (Å²) in [6.45, 7) is 5.07. The highest BCUT2D eigenvalue weighted by Crippen LogP contribution is 2.19. The van der Waals surface area contributed by atoms with Crippen LogP contribution in [0.1, 0.15) is 20.8 Å². The van der Waals surface area contributed by atoms with E-state index in [0.717, 1.165) is 0 Å². The summed E-state index contributed by atoms with van der Waals surface area (Å²) in [6.07, 6.45) is -4.11. The van der Waals surface area contributed by atoms with Gasteiger partial charge in [-0.2, -0.15) is 25.8 Å². The third-order valence-corrected chi connectivity index (χ3v) is 2.59. The van der Waals surface area contributed by atoms with Gasteiger partial charge in [-0.1, -0.05) is 6.92 Å². The first-order valence-corrected chi connectivity index (χ1v) is 5.31. The Morgan fingerprint density at radius 2 is 1.71 bits per heavy atom. The van der Waals surface area contributed by atoms with Crippen LogP contribution in [0.4, 0.5) is 13.2 Å². The fourth-order valence-corrected chi connectivity index (χ4v) is 1.26. The lowest BCUT2D eigenvalue weighted by molar-refractivity contribution is -0.150. The molecule has 0 aliphatic carbocycles. The molecule has 14 heavy (non-hydrogen) atoms. The van der Waals surface area contributed by atoms with Gasteiger partial charge >= 0.3 is 6.18 Å². The number of hydrogen-bond donors (Lipinski definition) is 1. The Morgan fingerprint density at radius 3 is 2.00 bits per heavy atom. The Balaban J connectivity index is 4.16. The van der Waals surface area contributed by atoms with E-state index >= 15 is 0 Å². The molecular formula is C9H18F3NS. The Kier molecular flexibility index (Phi) is 5.90. The van der Waals surface area contributed by atoms with Gasteiger partial charge in [0.2, 0.25) is 0 Å². The second kappa shape index (κ2) is 5.85. The minimum atomic E-state index is -4.11. The predicted octanol–water partition coefficient (Wildman–Crippen LogP) is 2.83. The van der Waals surface area contributed by atoms with Crippen LogP contribution in [0.2, 0.25) is 0 Å². The molecule has 5 heteroatoms. The van der Waals surface area contributed by atoms with Crippen molar-refractivity contribution in [3.05, 3.63) is 0 Å². The topological polar surface area (TPSA) is 3.24 Å². The van der Waals surface area contributed by atoms with E-state index in [1.165, 1.54) is 4.90 Å². The van der Waals surface area contributed by atoms with Crippen molar-refractivity contribution >= 4 is 12.6 Å². The lowest BCUT2D eigenvalue weighted by atomic mass is 10.2. The lowest BCUT2D eigenvalue weighted by Gasteiger charge is -2.29. The number of halogens is 3. The van der Waals surface area contributed by atoms with E-state index < -0.39 is 12.7 Å². The van der Waals surface area contributed by atoms with E-state index in [9.17, 15) is 13.2 Å². The zero-order valence-electron chi connectivity index (χ0n) is 8.80. The number of hydrogen-bond acceptors (Lipinski definition) is 2. The van der Waals surface area contributed by atoms with Crippen molar-refractivity contribution in [2.75, 3.05) is 18.8 Å². The number of thiol groups is 1. The average Bonchev–Trinajstić information content (AvgIpc) is 2.00. The van der Waals surface area contributed by atoms with E-state index in [4.69, 9.17) is 0 Å².